The number of anilines is 2. The van der Waals surface area contributed by atoms with Gasteiger partial charge in [0.15, 0.2) is 15.4 Å². The molecule has 268 valence electrons. The van der Waals surface area contributed by atoms with Crippen LogP contribution in [-0.2, 0) is 35.6 Å². The molecule has 0 heterocycles. The predicted molar refractivity (Wildman–Crippen MR) is 177 cm³/mol. The summed E-state index contributed by atoms with van der Waals surface area (Å²) >= 11 is 0. The van der Waals surface area contributed by atoms with Crippen molar-refractivity contribution in [3.8, 4) is 6.07 Å². The second-order valence-corrected chi connectivity index (χ2v) is 14.3. The maximum Gasteiger partial charge on any atom is 0.417 e. The van der Waals surface area contributed by atoms with Gasteiger partial charge in [0.25, 0.3) is 21.8 Å². The molecule has 0 aliphatic carbocycles. The highest BCUT2D eigenvalue weighted by atomic mass is 32.2. The van der Waals surface area contributed by atoms with Crippen molar-refractivity contribution in [1.29, 1.82) is 5.26 Å². The Hall–Kier alpha value is -5.61. The van der Waals surface area contributed by atoms with Crippen molar-refractivity contribution in [2.75, 3.05) is 15.8 Å². The number of sulfone groups is 1. The number of alkyl halides is 3. The van der Waals surface area contributed by atoms with Gasteiger partial charge < -0.3 is 10.4 Å². The lowest BCUT2D eigenvalue weighted by Crippen LogP contribution is -2.45. The number of nitriles is 1. The fourth-order valence-electron chi connectivity index (χ4n) is 4.10. The molecule has 0 aromatic heterocycles. The number of nitrogens with one attached hydrogen (secondary N) is 3. The van der Waals surface area contributed by atoms with Crippen molar-refractivity contribution in [3.05, 3.63) is 126 Å². The lowest BCUT2D eigenvalue weighted by Gasteiger charge is -2.22. The van der Waals surface area contributed by atoms with Crippen LogP contribution in [0.25, 0.3) is 6.08 Å². The number of hydrogen-bond acceptors (Lipinski definition) is 9. The lowest BCUT2D eigenvalue weighted by molar-refractivity contribution is -0.138. The summed E-state index contributed by atoms with van der Waals surface area (Å²) in [6.45, 7) is 0.873. The first kappa shape index (κ1) is 39.8. The third-order valence-corrected chi connectivity index (χ3v) is 9.88. The van der Waals surface area contributed by atoms with Crippen LogP contribution in [0, 0.1) is 17.1 Å². The van der Waals surface area contributed by atoms with Gasteiger partial charge in [-0.15, -0.1) is 0 Å². The Morgan fingerprint density at radius 1 is 0.863 bits per heavy atom. The van der Waals surface area contributed by atoms with Gasteiger partial charge in [-0.25, -0.2) is 26.7 Å². The van der Waals surface area contributed by atoms with E-state index in [1.165, 1.54) is 29.8 Å². The number of carbonyl (C=O) groups is 2. The Morgan fingerprint density at radius 2 is 1.51 bits per heavy atom. The van der Waals surface area contributed by atoms with Crippen LogP contribution < -0.4 is 15.5 Å². The zero-order valence-electron chi connectivity index (χ0n) is 26.2. The van der Waals surface area contributed by atoms with Crippen molar-refractivity contribution in [1.82, 2.24) is 5.48 Å². The molecule has 1 atom stereocenters. The van der Waals surface area contributed by atoms with Crippen molar-refractivity contribution in [2.45, 2.75) is 28.5 Å². The molecule has 0 aliphatic rings. The molecule has 4 rings (SSSR count). The monoisotopic (exact) mass is 748 g/mol. The topological polar surface area (TPSA) is 203 Å². The number of amides is 2. The number of hydrogen-bond donors (Lipinski definition) is 5. The van der Waals surface area contributed by atoms with Crippen LogP contribution in [0.3, 0.4) is 0 Å². The summed E-state index contributed by atoms with van der Waals surface area (Å²) in [5.74, 6) is -3.76. The van der Waals surface area contributed by atoms with E-state index in [4.69, 9.17) is 10.5 Å². The summed E-state index contributed by atoms with van der Waals surface area (Å²) in [6.07, 6.45) is -2.37. The van der Waals surface area contributed by atoms with Crippen molar-refractivity contribution < 1.29 is 54.3 Å². The highest BCUT2D eigenvalue weighted by molar-refractivity contribution is 7.92. The van der Waals surface area contributed by atoms with Crippen molar-refractivity contribution >= 4 is 49.1 Å². The summed E-state index contributed by atoms with van der Waals surface area (Å²) in [7, 11) is -7.93. The Kier molecular flexibility index (Phi) is 12.8. The van der Waals surface area contributed by atoms with E-state index >= 15 is 0 Å². The van der Waals surface area contributed by atoms with E-state index in [2.05, 4.69) is 4.72 Å². The van der Waals surface area contributed by atoms with Crippen LogP contribution in [0.15, 0.2) is 113 Å². The van der Waals surface area contributed by atoms with E-state index in [1.54, 1.807) is 42.5 Å². The zero-order chi connectivity index (χ0) is 38.0. The van der Waals surface area contributed by atoms with Gasteiger partial charge in [0.2, 0.25) is 0 Å². The molecule has 0 saturated carbocycles. The van der Waals surface area contributed by atoms with E-state index in [0.717, 1.165) is 49.4 Å². The van der Waals surface area contributed by atoms with Gasteiger partial charge >= 0.3 is 6.18 Å². The first-order valence-electron chi connectivity index (χ1n) is 14.2. The van der Waals surface area contributed by atoms with E-state index in [-0.39, 0.29) is 15.5 Å². The number of carbonyl (C=O) groups excluding carboxylic acids is 2. The summed E-state index contributed by atoms with van der Waals surface area (Å²) < 4.78 is 104. The van der Waals surface area contributed by atoms with Gasteiger partial charge in [-0.2, -0.15) is 18.4 Å². The normalized spacial score (nSPS) is 12.8. The highest BCUT2D eigenvalue weighted by Crippen LogP contribution is 2.34. The molecule has 0 saturated heterocycles. The molecule has 18 heteroatoms. The maximum atomic E-state index is 13.0. The third-order valence-electron chi connectivity index (χ3n) is 6.57. The summed E-state index contributed by atoms with van der Waals surface area (Å²) in [5.41, 5.74) is -2.43. The Morgan fingerprint density at radius 3 is 2.10 bits per heavy atom. The molecule has 4 aromatic rings. The number of benzene rings is 4. The van der Waals surface area contributed by atoms with Crippen LogP contribution in [0.2, 0.25) is 0 Å². The summed E-state index contributed by atoms with van der Waals surface area (Å²) in [6, 6.07) is 22.0. The van der Waals surface area contributed by atoms with Gasteiger partial charge in [-0.1, -0.05) is 30.3 Å². The van der Waals surface area contributed by atoms with Crippen LogP contribution in [0.4, 0.5) is 28.9 Å². The second kappa shape index (κ2) is 16.4. The quantitative estimate of drug-likeness (QED) is 0.0492. The standard InChI is InChI=1S/C18H14F4N2O4S.C15H14N2O4S/c1-17(26,10-29(27,28)14-6-3-12(19)4-7-14)16(25)24-13-5-2-11(9-23)15(8-13)18(20,21)22;18-15(16-19)10-9-12-5-4-8-14(11-12)22(20,21)17-13-6-2-1-3-7-13/h2-8,26H,10H2,1H3,(H,24,25);1-11,17,19H,(H,16,18)/b;10-9+. The Labute approximate surface area is 289 Å². The highest BCUT2D eigenvalue weighted by Gasteiger charge is 2.38. The fraction of sp³-hybridized carbons (Fsp3) is 0.121. The molecule has 1 unspecified atom stereocenters. The fourth-order valence-corrected chi connectivity index (χ4v) is 6.80. The van der Waals surface area contributed by atoms with Gasteiger partial charge in [-0.05, 0) is 85.3 Å². The number of rotatable bonds is 10. The zero-order valence-corrected chi connectivity index (χ0v) is 27.9. The van der Waals surface area contributed by atoms with Gasteiger partial charge in [0.05, 0.1) is 32.7 Å². The average Bonchev–Trinajstić information content (AvgIpc) is 3.07. The number of halogens is 4. The van der Waals surface area contributed by atoms with Crippen molar-refractivity contribution in [3.63, 3.8) is 0 Å². The number of hydroxylamine groups is 1. The molecule has 2 amide bonds. The van der Waals surface area contributed by atoms with E-state index in [0.29, 0.717) is 17.3 Å². The first-order chi connectivity index (χ1) is 23.8. The summed E-state index contributed by atoms with van der Waals surface area (Å²) in [5, 5.41) is 29.5. The predicted octanol–water partition coefficient (Wildman–Crippen LogP) is 4.89. The molecule has 5 N–H and O–H groups in total. The maximum absolute atomic E-state index is 13.0. The van der Waals surface area contributed by atoms with E-state index < -0.39 is 66.1 Å². The largest absolute Gasteiger partial charge is 0.417 e. The minimum Gasteiger partial charge on any atom is -0.379 e. The molecule has 4 aromatic carbocycles. The van der Waals surface area contributed by atoms with Crippen LogP contribution >= 0.6 is 0 Å². The molecule has 12 nitrogen and oxygen atoms in total. The molecule has 0 radical (unpaired) electrons. The second-order valence-electron chi connectivity index (χ2n) is 10.7. The van der Waals surface area contributed by atoms with Crippen LogP contribution in [-0.4, -0.2) is 50.3 Å². The number of nitrogens with zero attached hydrogens (tertiary/aromatic N) is 1. The molecule has 0 bridgehead atoms. The molecular weight excluding hydrogens is 721 g/mol. The molecule has 51 heavy (non-hydrogen) atoms. The summed E-state index contributed by atoms with van der Waals surface area (Å²) in [4.78, 5) is 22.9. The SMILES string of the molecule is CC(O)(CS(=O)(=O)c1ccc(F)cc1)C(=O)Nc1ccc(C#N)c(C(F)(F)F)c1.O=C(/C=C/c1cccc(S(=O)(=O)Nc2ccccc2)c1)NO. The minimum atomic E-state index is -4.86. The Bertz CT molecular complexity index is 2170. The number of para-hydroxylation sites is 1. The third kappa shape index (κ3) is 11.5. The molecule has 0 fully saturated rings. The smallest absolute Gasteiger partial charge is 0.379 e. The lowest BCUT2D eigenvalue weighted by atomic mass is 10.1. The van der Waals surface area contributed by atoms with Crippen LogP contribution in [0.1, 0.15) is 23.6 Å². The molecule has 0 spiro atoms. The first-order valence-corrected chi connectivity index (χ1v) is 17.3. The number of aliphatic hydroxyl groups is 1. The molecular formula is C33H28F4N4O8S2. The van der Waals surface area contributed by atoms with Gasteiger partial charge in [0.1, 0.15) is 5.82 Å². The Balaban J connectivity index is 0.000000286. The van der Waals surface area contributed by atoms with E-state index in [1.807, 2.05) is 5.32 Å². The minimum absolute atomic E-state index is 0.0721. The average molecular weight is 749 g/mol. The van der Waals surface area contributed by atoms with Crippen LogP contribution in [0.5, 0.6) is 0 Å². The van der Waals surface area contributed by atoms with Crippen molar-refractivity contribution in [2.24, 2.45) is 0 Å². The van der Waals surface area contributed by atoms with Gasteiger partial charge in [0, 0.05) is 17.5 Å². The van der Waals surface area contributed by atoms with E-state index in [9.17, 15) is 49.1 Å². The number of sulfonamides is 1. The van der Waals surface area contributed by atoms with Gasteiger partial charge in [-0.3, -0.25) is 19.5 Å². The molecule has 0 aliphatic heterocycles.